The molecule has 7 rings (SSSR count). The van der Waals surface area contributed by atoms with E-state index >= 15 is 0 Å². The van der Waals surface area contributed by atoms with Crippen molar-refractivity contribution in [1.82, 2.24) is 25.3 Å². The smallest absolute Gasteiger partial charge is 0.255 e. The zero-order chi connectivity index (χ0) is 27.6. The number of aliphatic hydroxyl groups is 1. The minimum absolute atomic E-state index is 0.175. The molecule has 1 aliphatic carbocycles. The van der Waals surface area contributed by atoms with Crippen LogP contribution in [-0.2, 0) is 34.7 Å². The Kier molecular flexibility index (Phi) is 5.69. The lowest BCUT2D eigenvalue weighted by Crippen LogP contribution is -2.55. The van der Waals surface area contributed by atoms with Gasteiger partial charge in [0.1, 0.15) is 6.04 Å². The Balaban J connectivity index is 1.11. The minimum atomic E-state index is -0.976. The largest absolute Gasteiger partial charge is 0.384 e. The number of imide groups is 1. The van der Waals surface area contributed by atoms with Crippen molar-refractivity contribution in [1.29, 1.82) is 0 Å². The number of rotatable bonds is 5. The monoisotopic (exact) mass is 541 g/mol. The maximum absolute atomic E-state index is 13.4. The summed E-state index contributed by atoms with van der Waals surface area (Å²) in [6, 6.07) is 11.5. The molecule has 2 aromatic carbocycles. The summed E-state index contributed by atoms with van der Waals surface area (Å²) >= 11 is 0. The van der Waals surface area contributed by atoms with E-state index in [2.05, 4.69) is 39.4 Å². The third-order valence-electron chi connectivity index (χ3n) is 9.57. The van der Waals surface area contributed by atoms with Crippen LogP contribution in [0.25, 0.3) is 11.4 Å². The lowest BCUT2D eigenvalue weighted by atomic mass is 9.66. The molecule has 10 nitrogen and oxygen atoms in total. The molecule has 3 aromatic rings. The number of amides is 3. The quantitative estimate of drug-likeness (QED) is 0.472. The maximum Gasteiger partial charge on any atom is 0.255 e. The molecule has 0 bridgehead atoms. The van der Waals surface area contributed by atoms with Crippen molar-refractivity contribution >= 4 is 17.7 Å². The van der Waals surface area contributed by atoms with Gasteiger partial charge in [0, 0.05) is 49.1 Å². The number of fused-ring (bicyclic) bond motifs is 4. The molecule has 40 heavy (non-hydrogen) atoms. The molecule has 1 aromatic heterocycles. The van der Waals surface area contributed by atoms with Gasteiger partial charge in [-0.05, 0) is 54.0 Å². The van der Waals surface area contributed by atoms with Gasteiger partial charge in [0.25, 0.3) is 5.91 Å². The molecule has 0 radical (unpaired) electrons. The van der Waals surface area contributed by atoms with E-state index in [-0.39, 0.29) is 23.7 Å². The van der Waals surface area contributed by atoms with Gasteiger partial charge in [-0.3, -0.25) is 24.6 Å². The lowest BCUT2D eigenvalue weighted by molar-refractivity contribution is -0.137. The van der Waals surface area contributed by atoms with Crippen LogP contribution in [-0.4, -0.2) is 61.9 Å². The second-order valence-electron chi connectivity index (χ2n) is 11.6. The van der Waals surface area contributed by atoms with E-state index in [1.165, 1.54) is 12.0 Å². The molecular formula is C30H31N5O5. The number of hydrogen-bond donors (Lipinski definition) is 2. The van der Waals surface area contributed by atoms with E-state index in [1.807, 2.05) is 24.3 Å². The Morgan fingerprint density at radius 3 is 2.70 bits per heavy atom. The highest BCUT2D eigenvalue weighted by atomic mass is 16.5. The van der Waals surface area contributed by atoms with E-state index in [4.69, 9.17) is 4.52 Å². The van der Waals surface area contributed by atoms with Crippen molar-refractivity contribution in [2.75, 3.05) is 13.1 Å². The Bertz CT molecular complexity index is 1520. The van der Waals surface area contributed by atoms with Gasteiger partial charge in [-0.2, -0.15) is 4.98 Å². The SMILES string of the molecule is CCC12Cc3cc4c(cc3[C@@]1(O)CCN(Cc1ccc(-c3ncon3)cc1)C2)CN([C@H]1CCC(=O)NC1=O)C4=O. The Morgan fingerprint density at radius 2 is 1.98 bits per heavy atom. The summed E-state index contributed by atoms with van der Waals surface area (Å²) in [5, 5.41) is 18.5. The van der Waals surface area contributed by atoms with Gasteiger partial charge >= 0.3 is 0 Å². The van der Waals surface area contributed by atoms with Gasteiger partial charge in [-0.1, -0.05) is 42.4 Å². The summed E-state index contributed by atoms with van der Waals surface area (Å²) in [6.45, 7) is 4.74. The third kappa shape index (κ3) is 3.73. The van der Waals surface area contributed by atoms with Crippen LogP contribution >= 0.6 is 0 Å². The second-order valence-corrected chi connectivity index (χ2v) is 11.6. The fourth-order valence-electron chi connectivity index (χ4n) is 7.38. The maximum atomic E-state index is 13.4. The standard InChI is InChI=1S/C30H31N5O5/c1-2-29-13-20-11-22-21(15-35(28(22)38)24-7-8-25(36)32-27(24)37)12-23(20)30(29,39)9-10-34(16-29)14-18-3-5-19(6-4-18)26-31-17-40-33-26/h3-6,11-12,17,24,39H,2,7-10,13-16H2,1H3,(H,32,36,37)/t24-,29?,30-/m0/s1. The van der Waals surface area contributed by atoms with Crippen LogP contribution in [0.3, 0.4) is 0 Å². The number of carbonyl (C=O) groups excluding carboxylic acids is 3. The number of piperidine rings is 2. The van der Waals surface area contributed by atoms with Gasteiger partial charge in [0.2, 0.25) is 24.0 Å². The fraction of sp³-hybridized carbons (Fsp3) is 0.433. The molecule has 3 atom stereocenters. The molecule has 10 heteroatoms. The highest BCUT2D eigenvalue weighted by molar-refractivity contribution is 6.05. The molecule has 2 saturated heterocycles. The summed E-state index contributed by atoms with van der Waals surface area (Å²) in [5.74, 6) is -0.320. The Hall–Kier alpha value is -3.89. The van der Waals surface area contributed by atoms with E-state index < -0.39 is 17.6 Å². The van der Waals surface area contributed by atoms with Crippen molar-refractivity contribution in [2.45, 2.75) is 63.8 Å². The molecule has 4 aliphatic rings. The van der Waals surface area contributed by atoms with Crippen LogP contribution in [0.1, 0.15) is 65.2 Å². The van der Waals surface area contributed by atoms with Crippen LogP contribution < -0.4 is 5.32 Å². The van der Waals surface area contributed by atoms with Crippen molar-refractivity contribution in [3.63, 3.8) is 0 Å². The lowest BCUT2D eigenvalue weighted by Gasteiger charge is -2.50. The zero-order valence-corrected chi connectivity index (χ0v) is 22.4. The van der Waals surface area contributed by atoms with Gasteiger partial charge in [-0.15, -0.1) is 0 Å². The fourth-order valence-corrected chi connectivity index (χ4v) is 7.38. The molecule has 0 saturated carbocycles. The first kappa shape index (κ1) is 25.1. The van der Waals surface area contributed by atoms with Crippen molar-refractivity contribution < 1.29 is 24.0 Å². The van der Waals surface area contributed by atoms with E-state index in [9.17, 15) is 19.5 Å². The Labute approximate surface area is 231 Å². The molecule has 0 spiro atoms. The zero-order valence-electron chi connectivity index (χ0n) is 22.4. The van der Waals surface area contributed by atoms with Gasteiger partial charge in [0.15, 0.2) is 0 Å². The number of aromatic nitrogens is 2. The average Bonchev–Trinajstić information content (AvgIpc) is 3.65. The highest BCUT2D eigenvalue weighted by Gasteiger charge is 2.59. The van der Waals surface area contributed by atoms with Crippen molar-refractivity contribution in [2.24, 2.45) is 5.41 Å². The van der Waals surface area contributed by atoms with Crippen LogP contribution in [0.5, 0.6) is 0 Å². The molecule has 3 aliphatic heterocycles. The first-order valence-corrected chi connectivity index (χ1v) is 13.9. The van der Waals surface area contributed by atoms with Crippen molar-refractivity contribution in [3.8, 4) is 11.4 Å². The molecule has 2 fully saturated rings. The van der Waals surface area contributed by atoms with E-state index in [0.29, 0.717) is 37.2 Å². The number of nitrogens with zero attached hydrogens (tertiary/aromatic N) is 4. The topological polar surface area (TPSA) is 129 Å². The number of hydrogen-bond acceptors (Lipinski definition) is 8. The molecule has 4 heterocycles. The minimum Gasteiger partial charge on any atom is -0.384 e. The van der Waals surface area contributed by atoms with E-state index in [1.54, 1.807) is 4.90 Å². The second kappa shape index (κ2) is 9.07. The third-order valence-corrected chi connectivity index (χ3v) is 9.57. The average molecular weight is 542 g/mol. The van der Waals surface area contributed by atoms with Crippen LogP contribution in [0.2, 0.25) is 0 Å². The summed E-state index contributed by atoms with van der Waals surface area (Å²) in [5.41, 5.74) is 4.16. The summed E-state index contributed by atoms with van der Waals surface area (Å²) in [4.78, 5) is 45.6. The molecule has 3 amide bonds. The number of benzene rings is 2. The Morgan fingerprint density at radius 1 is 1.15 bits per heavy atom. The molecule has 2 N–H and O–H groups in total. The number of nitrogens with one attached hydrogen (secondary N) is 1. The van der Waals surface area contributed by atoms with Gasteiger partial charge in [0.05, 0.1) is 5.60 Å². The first-order valence-electron chi connectivity index (χ1n) is 13.9. The van der Waals surface area contributed by atoms with Crippen molar-refractivity contribution in [3.05, 3.63) is 70.6 Å². The first-order chi connectivity index (χ1) is 19.3. The number of carbonyl (C=O) groups is 3. The summed E-state index contributed by atoms with van der Waals surface area (Å²) in [7, 11) is 0. The number of likely N-dealkylation sites (tertiary alicyclic amines) is 1. The van der Waals surface area contributed by atoms with Crippen LogP contribution in [0.15, 0.2) is 47.3 Å². The van der Waals surface area contributed by atoms with Crippen LogP contribution in [0, 0.1) is 5.41 Å². The molecular weight excluding hydrogens is 510 g/mol. The predicted molar refractivity (Wildman–Crippen MR) is 142 cm³/mol. The van der Waals surface area contributed by atoms with Crippen LogP contribution in [0.4, 0.5) is 0 Å². The van der Waals surface area contributed by atoms with Gasteiger partial charge in [-0.25, -0.2) is 0 Å². The molecule has 1 unspecified atom stereocenters. The summed E-state index contributed by atoms with van der Waals surface area (Å²) < 4.78 is 4.85. The molecule has 206 valence electrons. The normalized spacial score (nSPS) is 27.9. The predicted octanol–water partition coefficient (Wildman–Crippen LogP) is 2.54. The van der Waals surface area contributed by atoms with Gasteiger partial charge < -0.3 is 14.5 Å². The highest BCUT2D eigenvalue weighted by Crippen LogP contribution is 2.57. The summed E-state index contributed by atoms with van der Waals surface area (Å²) in [6.07, 6.45) is 4.00. The van der Waals surface area contributed by atoms with E-state index in [0.717, 1.165) is 48.3 Å².